The van der Waals surface area contributed by atoms with Crippen molar-refractivity contribution in [1.29, 1.82) is 0 Å². The van der Waals surface area contributed by atoms with Crippen molar-refractivity contribution in [2.75, 3.05) is 52.9 Å². The van der Waals surface area contributed by atoms with Crippen LogP contribution in [-0.2, 0) is 6.54 Å². The third kappa shape index (κ3) is 6.97. The third-order valence-corrected chi connectivity index (χ3v) is 4.27. The lowest BCUT2D eigenvalue weighted by molar-refractivity contribution is 0.0415. The zero-order valence-electron chi connectivity index (χ0n) is 14.4. The minimum absolute atomic E-state index is 0.265. The van der Waals surface area contributed by atoms with Crippen LogP contribution in [0.4, 0.5) is 0 Å². The monoisotopic (exact) mass is 321 g/mol. The van der Waals surface area contributed by atoms with Gasteiger partial charge in [0.15, 0.2) is 0 Å². The van der Waals surface area contributed by atoms with Gasteiger partial charge in [0.2, 0.25) is 0 Å². The van der Waals surface area contributed by atoms with Gasteiger partial charge in [-0.25, -0.2) is 0 Å². The molecule has 5 nitrogen and oxygen atoms in total. The summed E-state index contributed by atoms with van der Waals surface area (Å²) >= 11 is 0. The van der Waals surface area contributed by atoms with Crippen molar-refractivity contribution in [3.8, 4) is 0 Å². The van der Waals surface area contributed by atoms with Gasteiger partial charge in [0.1, 0.15) is 0 Å². The molecule has 0 aromatic heterocycles. The Labute approximate surface area is 140 Å². The normalized spacial score (nSPS) is 19.9. The number of benzene rings is 1. The molecule has 2 N–H and O–H groups in total. The average molecular weight is 321 g/mol. The van der Waals surface area contributed by atoms with Crippen LogP contribution in [0, 0.1) is 0 Å². The molecule has 0 radical (unpaired) electrons. The molecule has 2 rings (SSSR count). The van der Waals surface area contributed by atoms with Gasteiger partial charge in [-0.1, -0.05) is 30.3 Å². The lowest BCUT2D eigenvalue weighted by Crippen LogP contribution is -2.50. The maximum atomic E-state index is 10.3. The summed E-state index contributed by atoms with van der Waals surface area (Å²) in [6.45, 7) is 8.71. The van der Waals surface area contributed by atoms with Crippen molar-refractivity contribution in [2.24, 2.45) is 0 Å². The van der Waals surface area contributed by atoms with E-state index in [1.165, 1.54) is 5.56 Å². The highest BCUT2D eigenvalue weighted by Crippen LogP contribution is 2.06. The van der Waals surface area contributed by atoms with Crippen LogP contribution in [0.15, 0.2) is 30.3 Å². The van der Waals surface area contributed by atoms with Gasteiger partial charge in [0, 0.05) is 52.4 Å². The Morgan fingerprint density at radius 1 is 1.00 bits per heavy atom. The predicted molar refractivity (Wildman–Crippen MR) is 93.3 cm³/mol. The van der Waals surface area contributed by atoms with Gasteiger partial charge in [-0.2, -0.15) is 0 Å². The molecule has 1 heterocycles. The molecule has 0 bridgehead atoms. The summed E-state index contributed by atoms with van der Waals surface area (Å²) in [5.74, 6) is 0. The number of hydrogen-bond acceptors (Lipinski definition) is 5. The van der Waals surface area contributed by atoms with Crippen LogP contribution in [0.5, 0.6) is 0 Å². The second-order valence-electron chi connectivity index (χ2n) is 6.79. The van der Waals surface area contributed by atoms with E-state index in [9.17, 15) is 10.2 Å². The molecule has 0 spiro atoms. The largest absolute Gasteiger partial charge is 0.392 e. The average Bonchev–Trinajstić information content (AvgIpc) is 2.49. The molecule has 1 aliphatic heterocycles. The lowest BCUT2D eigenvalue weighted by Gasteiger charge is -2.36. The van der Waals surface area contributed by atoms with Crippen molar-refractivity contribution < 1.29 is 10.2 Å². The molecular formula is C18H31N3O2. The summed E-state index contributed by atoms with van der Waals surface area (Å²) in [4.78, 5) is 6.78. The van der Waals surface area contributed by atoms with Crippen LogP contribution < -0.4 is 0 Å². The quantitative estimate of drug-likeness (QED) is 0.729. The van der Waals surface area contributed by atoms with Gasteiger partial charge in [0.05, 0.1) is 12.2 Å². The van der Waals surface area contributed by atoms with Crippen molar-refractivity contribution in [1.82, 2.24) is 14.7 Å². The molecular weight excluding hydrogens is 290 g/mol. The van der Waals surface area contributed by atoms with Crippen molar-refractivity contribution >= 4 is 0 Å². The van der Waals surface area contributed by atoms with Crippen molar-refractivity contribution in [3.63, 3.8) is 0 Å². The third-order valence-electron chi connectivity index (χ3n) is 4.27. The van der Waals surface area contributed by atoms with E-state index in [-0.39, 0.29) is 12.2 Å². The topological polar surface area (TPSA) is 50.2 Å². The fourth-order valence-corrected chi connectivity index (χ4v) is 3.20. The highest BCUT2D eigenvalue weighted by Gasteiger charge is 2.20. The SMILES string of the molecule is C[C@@H](O)CN1CCN(C[C@@H](O)CN(C)Cc2ccccc2)CC1. The Balaban J connectivity index is 1.66. The van der Waals surface area contributed by atoms with Crippen LogP contribution in [0.3, 0.4) is 0 Å². The highest BCUT2D eigenvalue weighted by molar-refractivity contribution is 5.14. The standard InChI is InChI=1S/C18H31N3O2/c1-16(22)12-20-8-10-21(11-9-20)15-18(23)14-19(2)13-17-6-4-3-5-7-17/h3-7,16,18,22-23H,8-15H2,1-2H3/t16-,18+/m1/s1. The first kappa shape index (κ1) is 18.4. The molecule has 130 valence electrons. The van der Waals surface area contributed by atoms with E-state index >= 15 is 0 Å². The van der Waals surface area contributed by atoms with E-state index in [4.69, 9.17) is 0 Å². The zero-order valence-corrected chi connectivity index (χ0v) is 14.4. The highest BCUT2D eigenvalue weighted by atomic mass is 16.3. The molecule has 5 heteroatoms. The Morgan fingerprint density at radius 2 is 1.57 bits per heavy atom. The molecule has 2 atom stereocenters. The number of aliphatic hydroxyl groups excluding tert-OH is 2. The first-order valence-corrected chi connectivity index (χ1v) is 8.56. The van der Waals surface area contributed by atoms with E-state index in [1.807, 2.05) is 25.1 Å². The van der Waals surface area contributed by atoms with Crippen LogP contribution in [0.2, 0.25) is 0 Å². The van der Waals surface area contributed by atoms with Gasteiger partial charge in [0.25, 0.3) is 0 Å². The van der Waals surface area contributed by atoms with Gasteiger partial charge >= 0.3 is 0 Å². The van der Waals surface area contributed by atoms with E-state index in [0.29, 0.717) is 6.54 Å². The smallest absolute Gasteiger partial charge is 0.0793 e. The Bertz CT molecular complexity index is 433. The fourth-order valence-electron chi connectivity index (χ4n) is 3.20. The predicted octanol–water partition coefficient (Wildman–Crippen LogP) is 0.478. The van der Waals surface area contributed by atoms with Gasteiger partial charge in [-0.3, -0.25) is 14.7 Å². The zero-order chi connectivity index (χ0) is 16.7. The number of rotatable bonds is 8. The summed E-state index contributed by atoms with van der Waals surface area (Å²) in [6.07, 6.45) is -0.592. The number of nitrogens with zero attached hydrogens (tertiary/aromatic N) is 3. The first-order chi connectivity index (χ1) is 11.0. The van der Waals surface area contributed by atoms with Gasteiger partial charge < -0.3 is 10.2 Å². The van der Waals surface area contributed by atoms with Gasteiger partial charge in [-0.05, 0) is 19.5 Å². The van der Waals surface area contributed by atoms with Crippen molar-refractivity contribution in [2.45, 2.75) is 25.7 Å². The Kier molecular flexibility index (Phi) is 7.46. The fraction of sp³-hybridized carbons (Fsp3) is 0.667. The van der Waals surface area contributed by atoms with E-state index in [0.717, 1.165) is 45.8 Å². The number of hydrogen-bond donors (Lipinski definition) is 2. The summed E-state index contributed by atoms with van der Waals surface area (Å²) in [5.41, 5.74) is 1.27. The number of piperazine rings is 1. The first-order valence-electron chi connectivity index (χ1n) is 8.56. The molecule has 0 amide bonds. The number of β-amino-alcohol motifs (C(OH)–C–C–N with tert-alkyl or cyclic N) is 2. The van der Waals surface area contributed by atoms with E-state index < -0.39 is 0 Å². The molecule has 0 aliphatic carbocycles. The second kappa shape index (κ2) is 9.35. The Hall–Kier alpha value is -0.980. The number of aliphatic hydroxyl groups is 2. The molecule has 23 heavy (non-hydrogen) atoms. The minimum Gasteiger partial charge on any atom is -0.392 e. The number of likely N-dealkylation sites (N-methyl/N-ethyl adjacent to an activating group) is 1. The molecule has 1 aliphatic rings. The molecule has 1 aromatic rings. The van der Waals surface area contributed by atoms with E-state index in [1.54, 1.807) is 0 Å². The molecule has 1 aromatic carbocycles. The molecule has 1 fully saturated rings. The molecule has 0 unspecified atom stereocenters. The van der Waals surface area contributed by atoms with E-state index in [2.05, 4.69) is 33.9 Å². The van der Waals surface area contributed by atoms with Crippen LogP contribution >= 0.6 is 0 Å². The van der Waals surface area contributed by atoms with Crippen LogP contribution in [0.25, 0.3) is 0 Å². The van der Waals surface area contributed by atoms with Crippen molar-refractivity contribution in [3.05, 3.63) is 35.9 Å². The Morgan fingerprint density at radius 3 is 2.13 bits per heavy atom. The summed E-state index contributed by atoms with van der Waals surface area (Å²) in [6, 6.07) is 10.3. The minimum atomic E-state index is -0.327. The summed E-state index contributed by atoms with van der Waals surface area (Å²) in [5, 5.41) is 19.8. The molecule has 1 saturated heterocycles. The van der Waals surface area contributed by atoms with Gasteiger partial charge in [-0.15, -0.1) is 0 Å². The summed E-state index contributed by atoms with van der Waals surface area (Å²) in [7, 11) is 2.05. The maximum absolute atomic E-state index is 10.3. The lowest BCUT2D eigenvalue weighted by atomic mass is 10.2. The summed E-state index contributed by atoms with van der Waals surface area (Å²) < 4.78 is 0. The second-order valence-corrected chi connectivity index (χ2v) is 6.79. The maximum Gasteiger partial charge on any atom is 0.0793 e. The van der Waals surface area contributed by atoms with Crippen LogP contribution in [-0.4, -0.2) is 90.0 Å². The molecule has 0 saturated carbocycles. The van der Waals surface area contributed by atoms with Crippen LogP contribution in [0.1, 0.15) is 12.5 Å².